The van der Waals surface area contributed by atoms with E-state index in [9.17, 15) is 5.11 Å². The van der Waals surface area contributed by atoms with Gasteiger partial charge in [0.2, 0.25) is 0 Å². The molecule has 88 valence electrons. The quantitative estimate of drug-likeness (QED) is 0.726. The van der Waals surface area contributed by atoms with Gasteiger partial charge in [0.05, 0.1) is 18.8 Å². The van der Waals surface area contributed by atoms with Gasteiger partial charge in [-0.2, -0.15) is 0 Å². The van der Waals surface area contributed by atoms with Crippen LogP contribution in [-0.4, -0.2) is 29.7 Å². The molecule has 3 heteroatoms. The van der Waals surface area contributed by atoms with E-state index in [-0.39, 0.29) is 11.2 Å². The Balaban J connectivity index is 2.02. The summed E-state index contributed by atoms with van der Waals surface area (Å²) in [5.41, 5.74) is -0.624. The fraction of sp³-hybridized carbons (Fsp3) is 1.00. The van der Waals surface area contributed by atoms with Crippen molar-refractivity contribution < 1.29 is 14.6 Å². The highest BCUT2D eigenvalue weighted by molar-refractivity contribution is 4.96. The van der Waals surface area contributed by atoms with Crippen molar-refractivity contribution in [2.75, 3.05) is 13.2 Å². The Hall–Kier alpha value is -0.120. The van der Waals surface area contributed by atoms with Gasteiger partial charge in [-0.1, -0.05) is 6.92 Å². The molecule has 0 aromatic heterocycles. The first-order chi connectivity index (χ1) is 6.87. The lowest BCUT2D eigenvalue weighted by atomic mass is 9.64. The van der Waals surface area contributed by atoms with Crippen LogP contribution in [-0.2, 0) is 9.47 Å². The summed E-state index contributed by atoms with van der Waals surface area (Å²) in [6.07, 6.45) is 3.76. The smallest absolute Gasteiger partial charge is 0.168 e. The first-order valence-electron chi connectivity index (χ1n) is 5.87. The van der Waals surface area contributed by atoms with Gasteiger partial charge in [-0.3, -0.25) is 0 Å². The molecule has 0 amide bonds. The van der Waals surface area contributed by atoms with E-state index < -0.39 is 5.60 Å². The number of rotatable bonds is 1. The van der Waals surface area contributed by atoms with Crippen LogP contribution in [0, 0.1) is 5.41 Å². The highest BCUT2D eigenvalue weighted by atomic mass is 16.7. The van der Waals surface area contributed by atoms with Crippen molar-refractivity contribution >= 4 is 0 Å². The van der Waals surface area contributed by atoms with E-state index in [0.29, 0.717) is 0 Å². The summed E-state index contributed by atoms with van der Waals surface area (Å²) >= 11 is 0. The number of hydrogen-bond acceptors (Lipinski definition) is 3. The summed E-state index contributed by atoms with van der Waals surface area (Å²) in [7, 11) is 0. The lowest BCUT2D eigenvalue weighted by molar-refractivity contribution is -0.207. The molecule has 1 saturated carbocycles. The molecule has 1 aliphatic heterocycles. The molecule has 1 N–H and O–H groups in total. The average molecular weight is 214 g/mol. The van der Waals surface area contributed by atoms with Gasteiger partial charge in [0.15, 0.2) is 5.79 Å². The van der Waals surface area contributed by atoms with Gasteiger partial charge in [-0.15, -0.1) is 0 Å². The van der Waals surface area contributed by atoms with Crippen LogP contribution >= 0.6 is 0 Å². The Kier molecular flexibility index (Phi) is 2.61. The molecule has 0 atom stereocenters. The minimum absolute atomic E-state index is 0.00639. The molecule has 0 radical (unpaired) electrons. The summed E-state index contributed by atoms with van der Waals surface area (Å²) < 4.78 is 11.4. The fourth-order valence-electron chi connectivity index (χ4n) is 2.58. The molecule has 0 aromatic rings. The summed E-state index contributed by atoms with van der Waals surface area (Å²) in [6.45, 7) is 7.41. The predicted octanol–water partition coefficient (Wildman–Crippen LogP) is 2.08. The second-order valence-electron chi connectivity index (χ2n) is 5.73. The molecular weight excluding hydrogens is 192 g/mol. The molecule has 1 spiro atoms. The van der Waals surface area contributed by atoms with Gasteiger partial charge in [0.25, 0.3) is 0 Å². The van der Waals surface area contributed by atoms with Crippen molar-refractivity contribution in [3.63, 3.8) is 0 Å². The predicted molar refractivity (Wildman–Crippen MR) is 57.5 cm³/mol. The minimum atomic E-state index is -0.618. The average Bonchev–Trinajstić information content (AvgIpc) is 2.58. The van der Waals surface area contributed by atoms with Crippen LogP contribution in [0.5, 0.6) is 0 Å². The molecule has 1 aliphatic carbocycles. The van der Waals surface area contributed by atoms with Crippen LogP contribution in [0.25, 0.3) is 0 Å². The first-order valence-corrected chi connectivity index (χ1v) is 5.87. The maximum absolute atomic E-state index is 10.2. The zero-order valence-electron chi connectivity index (χ0n) is 10.0. The Morgan fingerprint density at radius 3 is 1.87 bits per heavy atom. The van der Waals surface area contributed by atoms with Crippen molar-refractivity contribution in [1.29, 1.82) is 0 Å². The van der Waals surface area contributed by atoms with E-state index in [1.54, 1.807) is 0 Å². The Morgan fingerprint density at radius 2 is 1.47 bits per heavy atom. The van der Waals surface area contributed by atoms with Gasteiger partial charge in [0, 0.05) is 12.8 Å². The third-order valence-corrected chi connectivity index (χ3v) is 4.41. The largest absolute Gasteiger partial charge is 0.390 e. The highest BCUT2D eigenvalue weighted by Crippen LogP contribution is 2.49. The van der Waals surface area contributed by atoms with Gasteiger partial charge in [0.1, 0.15) is 0 Å². The van der Waals surface area contributed by atoms with Gasteiger partial charge in [-0.25, -0.2) is 0 Å². The number of hydrogen-bond donors (Lipinski definition) is 1. The van der Waals surface area contributed by atoms with Crippen LogP contribution in [0.1, 0.15) is 46.5 Å². The third kappa shape index (κ3) is 1.93. The van der Waals surface area contributed by atoms with E-state index in [2.05, 4.69) is 6.92 Å². The normalized spacial score (nSPS) is 29.6. The molecule has 1 saturated heterocycles. The van der Waals surface area contributed by atoms with Gasteiger partial charge < -0.3 is 14.6 Å². The second kappa shape index (κ2) is 3.44. The topological polar surface area (TPSA) is 38.7 Å². The third-order valence-electron chi connectivity index (χ3n) is 4.41. The number of aliphatic hydroxyl groups is 1. The van der Waals surface area contributed by atoms with Crippen molar-refractivity contribution in [2.24, 2.45) is 5.41 Å². The summed E-state index contributed by atoms with van der Waals surface area (Å²) in [5.74, 6) is -0.315. The Labute approximate surface area is 91.8 Å². The monoisotopic (exact) mass is 214 g/mol. The van der Waals surface area contributed by atoms with Crippen molar-refractivity contribution in [3.8, 4) is 0 Å². The highest BCUT2D eigenvalue weighted by Gasteiger charge is 2.49. The van der Waals surface area contributed by atoms with Gasteiger partial charge in [-0.05, 0) is 32.1 Å². The minimum Gasteiger partial charge on any atom is -0.390 e. The van der Waals surface area contributed by atoms with E-state index in [4.69, 9.17) is 9.47 Å². The van der Waals surface area contributed by atoms with Crippen molar-refractivity contribution in [1.82, 2.24) is 0 Å². The molecular formula is C12H22O3. The van der Waals surface area contributed by atoms with Crippen molar-refractivity contribution in [2.45, 2.75) is 57.8 Å². The van der Waals surface area contributed by atoms with Crippen LogP contribution < -0.4 is 0 Å². The van der Waals surface area contributed by atoms with Crippen molar-refractivity contribution in [3.05, 3.63) is 0 Å². The van der Waals surface area contributed by atoms with Crippen LogP contribution in [0.2, 0.25) is 0 Å². The summed E-state index contributed by atoms with van der Waals surface area (Å²) in [4.78, 5) is 0. The summed E-state index contributed by atoms with van der Waals surface area (Å²) in [6, 6.07) is 0. The van der Waals surface area contributed by atoms with Crippen LogP contribution in [0.4, 0.5) is 0 Å². The summed E-state index contributed by atoms with van der Waals surface area (Å²) in [5, 5.41) is 10.2. The maximum atomic E-state index is 10.2. The molecule has 1 heterocycles. The molecule has 2 fully saturated rings. The molecule has 0 aromatic carbocycles. The molecule has 0 bridgehead atoms. The van der Waals surface area contributed by atoms with E-state index in [1.807, 2.05) is 13.8 Å². The first kappa shape index (κ1) is 11.4. The standard InChI is InChI=1S/C12H22O3/c1-10(2,13)11(3)4-6-12(7-5-11)14-8-9-15-12/h13H,4-9H2,1-3H3. The van der Waals surface area contributed by atoms with E-state index in [1.165, 1.54) is 0 Å². The number of ether oxygens (including phenoxy) is 2. The SMILES string of the molecule is CC(C)(O)C1(C)CCC2(CC1)OCCO2. The van der Waals surface area contributed by atoms with Crippen LogP contribution in [0.15, 0.2) is 0 Å². The zero-order valence-corrected chi connectivity index (χ0v) is 10.0. The Bertz CT molecular complexity index is 226. The maximum Gasteiger partial charge on any atom is 0.168 e. The fourth-order valence-corrected chi connectivity index (χ4v) is 2.58. The van der Waals surface area contributed by atoms with E-state index in [0.717, 1.165) is 38.9 Å². The molecule has 2 rings (SSSR count). The lowest BCUT2D eigenvalue weighted by Gasteiger charge is -2.47. The lowest BCUT2D eigenvalue weighted by Crippen LogP contribution is -2.48. The van der Waals surface area contributed by atoms with E-state index >= 15 is 0 Å². The molecule has 0 unspecified atom stereocenters. The molecule has 15 heavy (non-hydrogen) atoms. The van der Waals surface area contributed by atoms with Gasteiger partial charge >= 0.3 is 0 Å². The molecule has 3 nitrogen and oxygen atoms in total. The Morgan fingerprint density at radius 1 is 1.00 bits per heavy atom. The van der Waals surface area contributed by atoms with Crippen LogP contribution in [0.3, 0.4) is 0 Å². The molecule has 2 aliphatic rings. The zero-order chi connectivity index (χ0) is 11.2. The second-order valence-corrected chi connectivity index (χ2v) is 5.73.